The van der Waals surface area contributed by atoms with Crippen molar-refractivity contribution in [2.24, 2.45) is 0 Å². The number of rotatable bonds is 7. The number of phenols is 1. The second kappa shape index (κ2) is 9.90. The third-order valence-electron chi connectivity index (χ3n) is 5.86. The number of nitrogens with one attached hydrogen (secondary N) is 2. The Bertz CT molecular complexity index is 1020. The molecule has 0 aliphatic carbocycles. The summed E-state index contributed by atoms with van der Waals surface area (Å²) in [6.07, 6.45) is 2.65. The molecule has 0 saturated carbocycles. The van der Waals surface area contributed by atoms with E-state index in [0.717, 1.165) is 56.0 Å². The summed E-state index contributed by atoms with van der Waals surface area (Å²) in [5.41, 5.74) is 5.41. The maximum Gasteiger partial charge on any atom is 0.223 e. The molecule has 0 spiro atoms. The summed E-state index contributed by atoms with van der Waals surface area (Å²) < 4.78 is 0. The Morgan fingerprint density at radius 2 is 2.06 bits per heavy atom. The zero-order chi connectivity index (χ0) is 21.6. The van der Waals surface area contributed by atoms with Gasteiger partial charge in [0.15, 0.2) is 0 Å². The third kappa shape index (κ3) is 5.60. The van der Waals surface area contributed by atoms with Crippen LogP contribution in [0.15, 0.2) is 54.7 Å². The van der Waals surface area contributed by atoms with Crippen molar-refractivity contribution in [2.45, 2.75) is 32.9 Å². The van der Waals surface area contributed by atoms with Crippen LogP contribution in [-0.2, 0) is 13.0 Å². The Hall–Kier alpha value is -2.96. The molecule has 6 nitrogen and oxygen atoms in total. The van der Waals surface area contributed by atoms with Gasteiger partial charge in [0.2, 0.25) is 5.95 Å². The van der Waals surface area contributed by atoms with Crippen molar-refractivity contribution in [1.29, 1.82) is 0 Å². The van der Waals surface area contributed by atoms with E-state index in [2.05, 4.69) is 51.7 Å². The normalized spacial score (nSPS) is 16.9. The maximum absolute atomic E-state index is 9.67. The number of hydrogen-bond donors (Lipinski definition) is 3. The summed E-state index contributed by atoms with van der Waals surface area (Å²) in [5.74, 6) is 0.968. The van der Waals surface area contributed by atoms with Gasteiger partial charge >= 0.3 is 0 Å². The number of aromatic nitrogens is 2. The van der Waals surface area contributed by atoms with E-state index in [1.54, 1.807) is 12.3 Å². The summed E-state index contributed by atoms with van der Waals surface area (Å²) in [7, 11) is 0. The maximum atomic E-state index is 9.67. The van der Waals surface area contributed by atoms with Crippen molar-refractivity contribution in [1.82, 2.24) is 20.2 Å². The van der Waals surface area contributed by atoms with Gasteiger partial charge in [-0.05, 0) is 55.2 Å². The third-order valence-corrected chi connectivity index (χ3v) is 5.86. The molecule has 31 heavy (non-hydrogen) atoms. The molecule has 0 amide bonds. The van der Waals surface area contributed by atoms with Crippen molar-refractivity contribution in [3.8, 4) is 17.0 Å². The van der Waals surface area contributed by atoms with Gasteiger partial charge in [-0.25, -0.2) is 9.97 Å². The van der Waals surface area contributed by atoms with Crippen LogP contribution >= 0.6 is 0 Å². The van der Waals surface area contributed by atoms with Crippen LogP contribution in [0.1, 0.15) is 23.6 Å². The molecule has 4 rings (SSSR count). The molecule has 0 bridgehead atoms. The number of piperazine rings is 1. The smallest absolute Gasteiger partial charge is 0.223 e. The second-order valence-corrected chi connectivity index (χ2v) is 8.29. The Labute approximate surface area is 184 Å². The second-order valence-electron chi connectivity index (χ2n) is 8.29. The summed E-state index contributed by atoms with van der Waals surface area (Å²) in [4.78, 5) is 11.6. The lowest BCUT2D eigenvalue weighted by Crippen LogP contribution is -2.49. The number of nitrogens with zero attached hydrogens (tertiary/aromatic N) is 3. The molecule has 6 heteroatoms. The van der Waals surface area contributed by atoms with Crippen LogP contribution in [0, 0.1) is 6.92 Å². The van der Waals surface area contributed by atoms with Crippen molar-refractivity contribution >= 4 is 5.95 Å². The molecule has 1 unspecified atom stereocenters. The molecule has 3 aromatic rings. The van der Waals surface area contributed by atoms with Gasteiger partial charge in [0.1, 0.15) is 5.75 Å². The lowest BCUT2D eigenvalue weighted by molar-refractivity contribution is 0.165. The lowest BCUT2D eigenvalue weighted by atomic mass is 10.1. The average Bonchev–Trinajstić information content (AvgIpc) is 2.78. The molecule has 1 aliphatic rings. The number of phenolic OH excluding ortho intramolecular Hbond substituents is 1. The first-order valence-corrected chi connectivity index (χ1v) is 11.0. The van der Waals surface area contributed by atoms with Gasteiger partial charge in [-0.15, -0.1) is 0 Å². The molecule has 1 aromatic heterocycles. The summed E-state index contributed by atoms with van der Waals surface area (Å²) in [5, 5.41) is 16.4. The number of benzene rings is 2. The van der Waals surface area contributed by atoms with Gasteiger partial charge in [0.05, 0.1) is 5.69 Å². The Balaban J connectivity index is 1.40. The van der Waals surface area contributed by atoms with E-state index in [9.17, 15) is 5.11 Å². The first kappa shape index (κ1) is 21.3. The minimum Gasteiger partial charge on any atom is -0.508 e. The molecule has 1 aliphatic heterocycles. The van der Waals surface area contributed by atoms with E-state index < -0.39 is 0 Å². The fraction of sp³-hybridized carbons (Fsp3) is 0.360. The predicted molar refractivity (Wildman–Crippen MR) is 125 cm³/mol. The highest BCUT2D eigenvalue weighted by Gasteiger charge is 2.17. The first-order chi connectivity index (χ1) is 15.1. The summed E-state index contributed by atoms with van der Waals surface area (Å²) >= 11 is 0. The van der Waals surface area contributed by atoms with Crippen LogP contribution in [0.4, 0.5) is 5.95 Å². The zero-order valence-corrected chi connectivity index (χ0v) is 18.3. The molecule has 0 radical (unpaired) electrons. The van der Waals surface area contributed by atoms with Crippen LogP contribution in [-0.4, -0.2) is 52.2 Å². The molecular formula is C25H31N5O. The molecule has 1 fully saturated rings. The average molecular weight is 418 g/mol. The van der Waals surface area contributed by atoms with Crippen molar-refractivity contribution in [3.05, 3.63) is 71.4 Å². The van der Waals surface area contributed by atoms with E-state index in [1.807, 2.05) is 25.1 Å². The van der Waals surface area contributed by atoms with E-state index in [4.69, 9.17) is 4.98 Å². The SMILES string of the molecule is Cc1cc(CCNc2nccc(-c3cccc(CN4CCNCC4C)c3)n2)ccc1O. The standard InChI is InChI=1S/C25H31N5O/c1-18-14-20(6-7-24(18)31)8-10-27-25-28-11-9-23(29-25)22-5-3-4-21(15-22)17-30-13-12-26-16-19(30)2/h3-7,9,11,14-15,19,26,31H,8,10,12-13,16-17H2,1-2H3,(H,27,28,29). The van der Waals surface area contributed by atoms with Crippen LogP contribution in [0.25, 0.3) is 11.3 Å². The van der Waals surface area contributed by atoms with Gasteiger partial charge < -0.3 is 15.7 Å². The largest absolute Gasteiger partial charge is 0.508 e. The highest BCUT2D eigenvalue weighted by Crippen LogP contribution is 2.21. The van der Waals surface area contributed by atoms with E-state index in [0.29, 0.717) is 17.7 Å². The lowest BCUT2D eigenvalue weighted by Gasteiger charge is -2.33. The highest BCUT2D eigenvalue weighted by molar-refractivity contribution is 5.61. The van der Waals surface area contributed by atoms with Crippen molar-refractivity contribution < 1.29 is 5.11 Å². The molecule has 2 heterocycles. The van der Waals surface area contributed by atoms with Crippen molar-refractivity contribution in [3.63, 3.8) is 0 Å². The number of aromatic hydroxyl groups is 1. The van der Waals surface area contributed by atoms with E-state index in [-0.39, 0.29) is 0 Å². The van der Waals surface area contributed by atoms with Gasteiger partial charge in [0, 0.05) is 50.5 Å². The quantitative estimate of drug-likeness (QED) is 0.545. The van der Waals surface area contributed by atoms with Gasteiger partial charge in [0.25, 0.3) is 0 Å². The zero-order valence-electron chi connectivity index (χ0n) is 18.3. The minimum absolute atomic E-state index is 0.335. The highest BCUT2D eigenvalue weighted by atomic mass is 16.3. The van der Waals surface area contributed by atoms with Crippen molar-refractivity contribution in [2.75, 3.05) is 31.5 Å². The van der Waals surface area contributed by atoms with E-state index >= 15 is 0 Å². The molecule has 2 aromatic carbocycles. The first-order valence-electron chi connectivity index (χ1n) is 11.0. The molecule has 162 valence electrons. The van der Waals surface area contributed by atoms with Crippen LogP contribution in [0.2, 0.25) is 0 Å². The molecule has 3 N–H and O–H groups in total. The molecule has 1 atom stereocenters. The number of anilines is 1. The topological polar surface area (TPSA) is 73.3 Å². The minimum atomic E-state index is 0.335. The van der Waals surface area contributed by atoms with Gasteiger partial charge in [-0.1, -0.05) is 30.3 Å². The Morgan fingerprint density at radius 1 is 1.16 bits per heavy atom. The fourth-order valence-electron chi connectivity index (χ4n) is 3.98. The van der Waals surface area contributed by atoms with Crippen LogP contribution in [0.3, 0.4) is 0 Å². The Kier molecular flexibility index (Phi) is 6.79. The van der Waals surface area contributed by atoms with Crippen LogP contribution in [0.5, 0.6) is 5.75 Å². The Morgan fingerprint density at radius 3 is 2.90 bits per heavy atom. The summed E-state index contributed by atoms with van der Waals surface area (Å²) in [6.45, 7) is 9.05. The monoisotopic (exact) mass is 417 g/mol. The molecular weight excluding hydrogens is 386 g/mol. The fourth-order valence-corrected chi connectivity index (χ4v) is 3.98. The number of aryl methyl sites for hydroxylation is 1. The van der Waals surface area contributed by atoms with Gasteiger partial charge in [-0.3, -0.25) is 4.90 Å². The van der Waals surface area contributed by atoms with Gasteiger partial charge in [-0.2, -0.15) is 0 Å². The number of hydrogen-bond acceptors (Lipinski definition) is 6. The predicted octanol–water partition coefficient (Wildman–Crippen LogP) is 3.61. The molecule has 1 saturated heterocycles. The van der Waals surface area contributed by atoms with Crippen LogP contribution < -0.4 is 10.6 Å². The van der Waals surface area contributed by atoms with E-state index in [1.165, 1.54) is 11.1 Å². The summed E-state index contributed by atoms with van der Waals surface area (Å²) in [6, 6.07) is 16.9.